The standard InChI is InChI=1S/C21H24ClN3O4S/c1-24(2)30(28,29)19-13-16(10-11-17(19)22)21(27)23-18(15-7-4-3-5-8-15)14-25-12-6-9-20(25)26/h3-5,7-8,10-11,13,18H,6,9,12,14H2,1-2H3,(H,23,27). The first-order chi connectivity index (χ1) is 14.2. The summed E-state index contributed by atoms with van der Waals surface area (Å²) in [7, 11) is -1.00. The number of rotatable bonds is 7. The van der Waals surface area contributed by atoms with Crippen molar-refractivity contribution in [2.75, 3.05) is 27.2 Å². The molecule has 7 nitrogen and oxygen atoms in total. The molecule has 1 atom stereocenters. The third-order valence-corrected chi connectivity index (χ3v) is 7.33. The number of sulfonamides is 1. The van der Waals surface area contributed by atoms with Crippen LogP contribution in [0.2, 0.25) is 5.02 Å². The molecule has 1 saturated heterocycles. The van der Waals surface area contributed by atoms with Gasteiger partial charge in [0.1, 0.15) is 4.90 Å². The maximum Gasteiger partial charge on any atom is 0.251 e. The highest BCUT2D eigenvalue weighted by atomic mass is 35.5. The molecule has 0 aliphatic carbocycles. The van der Waals surface area contributed by atoms with Gasteiger partial charge in [-0.25, -0.2) is 12.7 Å². The second-order valence-electron chi connectivity index (χ2n) is 7.31. The number of carbonyl (C=O) groups is 2. The Morgan fingerprint density at radius 3 is 2.50 bits per heavy atom. The summed E-state index contributed by atoms with van der Waals surface area (Å²) >= 11 is 6.08. The third-order valence-electron chi connectivity index (χ3n) is 5.03. The quantitative estimate of drug-likeness (QED) is 0.704. The molecule has 160 valence electrons. The topological polar surface area (TPSA) is 86.8 Å². The third kappa shape index (κ3) is 4.83. The molecule has 1 N–H and O–H groups in total. The SMILES string of the molecule is CN(C)S(=O)(=O)c1cc(C(=O)NC(CN2CCCC2=O)c2ccccc2)ccc1Cl. The van der Waals surface area contributed by atoms with E-state index in [4.69, 9.17) is 11.6 Å². The highest BCUT2D eigenvalue weighted by molar-refractivity contribution is 7.89. The van der Waals surface area contributed by atoms with Crippen LogP contribution in [-0.4, -0.2) is 56.6 Å². The molecule has 1 heterocycles. The van der Waals surface area contributed by atoms with Crippen molar-refractivity contribution in [1.29, 1.82) is 0 Å². The van der Waals surface area contributed by atoms with Crippen LogP contribution in [0.15, 0.2) is 53.4 Å². The van der Waals surface area contributed by atoms with E-state index in [1.807, 2.05) is 30.3 Å². The van der Waals surface area contributed by atoms with Crippen LogP contribution in [0, 0.1) is 0 Å². The zero-order chi connectivity index (χ0) is 21.9. The van der Waals surface area contributed by atoms with Gasteiger partial charge in [-0.15, -0.1) is 0 Å². The summed E-state index contributed by atoms with van der Waals surface area (Å²) in [5, 5.41) is 2.98. The van der Waals surface area contributed by atoms with E-state index in [0.29, 0.717) is 19.5 Å². The molecule has 0 bridgehead atoms. The summed E-state index contributed by atoms with van der Waals surface area (Å²) in [6.45, 7) is 1.01. The van der Waals surface area contributed by atoms with Crippen LogP contribution in [-0.2, 0) is 14.8 Å². The fourth-order valence-corrected chi connectivity index (χ4v) is 4.71. The van der Waals surface area contributed by atoms with E-state index in [9.17, 15) is 18.0 Å². The van der Waals surface area contributed by atoms with E-state index >= 15 is 0 Å². The second-order valence-corrected chi connectivity index (χ2v) is 9.84. The Balaban J connectivity index is 1.88. The molecular weight excluding hydrogens is 426 g/mol. The zero-order valence-electron chi connectivity index (χ0n) is 16.8. The molecule has 2 aromatic rings. The first kappa shape index (κ1) is 22.3. The van der Waals surface area contributed by atoms with E-state index in [-0.39, 0.29) is 21.4 Å². The van der Waals surface area contributed by atoms with Crippen molar-refractivity contribution in [1.82, 2.24) is 14.5 Å². The molecule has 9 heteroatoms. The van der Waals surface area contributed by atoms with E-state index < -0.39 is 22.0 Å². The lowest BCUT2D eigenvalue weighted by molar-refractivity contribution is -0.128. The molecule has 0 aromatic heterocycles. The number of nitrogens with one attached hydrogen (secondary N) is 1. The Morgan fingerprint density at radius 1 is 1.20 bits per heavy atom. The smallest absolute Gasteiger partial charge is 0.251 e. The van der Waals surface area contributed by atoms with E-state index in [2.05, 4.69) is 5.32 Å². The zero-order valence-corrected chi connectivity index (χ0v) is 18.4. The van der Waals surface area contributed by atoms with Gasteiger partial charge in [0, 0.05) is 39.2 Å². The van der Waals surface area contributed by atoms with Crippen LogP contribution in [0.4, 0.5) is 0 Å². The number of hydrogen-bond donors (Lipinski definition) is 1. The number of amides is 2. The molecule has 2 amide bonds. The summed E-state index contributed by atoms with van der Waals surface area (Å²) < 4.78 is 26.0. The van der Waals surface area contributed by atoms with Gasteiger partial charge in [0.2, 0.25) is 15.9 Å². The molecule has 0 saturated carbocycles. The van der Waals surface area contributed by atoms with Gasteiger partial charge in [-0.1, -0.05) is 41.9 Å². The maximum absolute atomic E-state index is 13.0. The van der Waals surface area contributed by atoms with Gasteiger partial charge in [-0.3, -0.25) is 9.59 Å². The van der Waals surface area contributed by atoms with E-state index in [0.717, 1.165) is 16.3 Å². The molecular formula is C21H24ClN3O4S. The number of benzene rings is 2. The van der Waals surface area contributed by atoms with Crippen LogP contribution in [0.5, 0.6) is 0 Å². The minimum absolute atomic E-state index is 0.0440. The van der Waals surface area contributed by atoms with Gasteiger partial charge >= 0.3 is 0 Å². The lowest BCUT2D eigenvalue weighted by Crippen LogP contribution is -2.38. The van der Waals surface area contributed by atoms with Crippen LogP contribution in [0.25, 0.3) is 0 Å². The lowest BCUT2D eigenvalue weighted by atomic mass is 10.1. The number of likely N-dealkylation sites (tertiary alicyclic amines) is 1. The fourth-order valence-electron chi connectivity index (χ4n) is 3.32. The normalized spacial score (nSPS) is 15.5. The fraction of sp³-hybridized carbons (Fsp3) is 0.333. The Hall–Kier alpha value is -2.42. The summed E-state index contributed by atoms with van der Waals surface area (Å²) in [6, 6.07) is 13.1. The van der Waals surface area contributed by atoms with Crippen molar-refractivity contribution in [3.63, 3.8) is 0 Å². The highest BCUT2D eigenvalue weighted by Crippen LogP contribution is 2.25. The molecule has 1 aliphatic heterocycles. The van der Waals surface area contributed by atoms with Gasteiger partial charge in [0.15, 0.2) is 0 Å². The van der Waals surface area contributed by atoms with Crippen molar-refractivity contribution >= 4 is 33.4 Å². The average molecular weight is 450 g/mol. The van der Waals surface area contributed by atoms with Crippen molar-refractivity contribution < 1.29 is 18.0 Å². The summed E-state index contributed by atoms with van der Waals surface area (Å²) in [5.74, 6) is -0.376. The van der Waals surface area contributed by atoms with E-state index in [1.165, 1.54) is 32.3 Å². The largest absolute Gasteiger partial charge is 0.343 e. The number of carbonyl (C=O) groups excluding carboxylic acids is 2. The van der Waals surface area contributed by atoms with Crippen LogP contribution < -0.4 is 5.32 Å². The van der Waals surface area contributed by atoms with Crippen molar-refractivity contribution in [2.24, 2.45) is 0 Å². The predicted octanol–water partition coefficient (Wildman–Crippen LogP) is 2.68. The van der Waals surface area contributed by atoms with Gasteiger partial charge in [0.25, 0.3) is 5.91 Å². The Kier molecular flexibility index (Phi) is 6.80. The second kappa shape index (κ2) is 9.16. The molecule has 0 spiro atoms. The van der Waals surface area contributed by atoms with Gasteiger partial charge < -0.3 is 10.2 Å². The molecule has 3 rings (SSSR count). The van der Waals surface area contributed by atoms with Crippen molar-refractivity contribution in [3.8, 4) is 0 Å². The average Bonchev–Trinajstić information content (AvgIpc) is 3.12. The summed E-state index contributed by atoms with van der Waals surface area (Å²) in [5.41, 5.74) is 1.04. The van der Waals surface area contributed by atoms with Gasteiger partial charge in [0.05, 0.1) is 11.1 Å². The molecule has 1 aliphatic rings. The summed E-state index contributed by atoms with van der Waals surface area (Å²) in [4.78, 5) is 26.7. The Labute approximate surface area is 181 Å². The molecule has 30 heavy (non-hydrogen) atoms. The molecule has 1 unspecified atom stereocenters. The van der Waals surface area contributed by atoms with Crippen LogP contribution in [0.3, 0.4) is 0 Å². The first-order valence-electron chi connectivity index (χ1n) is 9.56. The number of hydrogen-bond acceptors (Lipinski definition) is 4. The van der Waals surface area contributed by atoms with Gasteiger partial charge in [-0.05, 0) is 30.2 Å². The first-order valence-corrected chi connectivity index (χ1v) is 11.4. The molecule has 2 aromatic carbocycles. The minimum atomic E-state index is -3.80. The van der Waals surface area contributed by atoms with Crippen LogP contribution >= 0.6 is 11.6 Å². The maximum atomic E-state index is 13.0. The van der Waals surface area contributed by atoms with Crippen molar-refractivity contribution in [3.05, 3.63) is 64.7 Å². The number of halogens is 1. The highest BCUT2D eigenvalue weighted by Gasteiger charge is 2.27. The lowest BCUT2D eigenvalue weighted by Gasteiger charge is -2.25. The number of nitrogens with zero attached hydrogens (tertiary/aromatic N) is 2. The summed E-state index contributed by atoms with van der Waals surface area (Å²) in [6.07, 6.45) is 1.32. The van der Waals surface area contributed by atoms with Crippen LogP contribution in [0.1, 0.15) is 34.8 Å². The van der Waals surface area contributed by atoms with Crippen molar-refractivity contribution in [2.45, 2.75) is 23.8 Å². The van der Waals surface area contributed by atoms with Gasteiger partial charge in [-0.2, -0.15) is 0 Å². The Bertz CT molecular complexity index is 1040. The monoisotopic (exact) mass is 449 g/mol. The predicted molar refractivity (Wildman–Crippen MR) is 115 cm³/mol. The Morgan fingerprint density at radius 2 is 1.90 bits per heavy atom. The molecule has 0 radical (unpaired) electrons. The molecule has 1 fully saturated rings. The minimum Gasteiger partial charge on any atom is -0.343 e. The van der Waals surface area contributed by atoms with E-state index in [1.54, 1.807) is 4.90 Å².